The van der Waals surface area contributed by atoms with Gasteiger partial charge in [0.1, 0.15) is 12.4 Å². The van der Waals surface area contributed by atoms with Crippen molar-refractivity contribution in [1.29, 1.82) is 5.41 Å². The molecule has 1 fully saturated rings. The van der Waals surface area contributed by atoms with Crippen LogP contribution in [-0.4, -0.2) is 72.2 Å². The number of oxazole rings is 1. The summed E-state index contributed by atoms with van der Waals surface area (Å²) < 4.78 is 42.6. The molecule has 2 aliphatic rings. The Bertz CT molecular complexity index is 775. The molecule has 28 heavy (non-hydrogen) atoms. The van der Waals surface area contributed by atoms with Crippen LogP contribution in [0.4, 0.5) is 13.6 Å². The molecular formula is C15H17BF2N4O6. The number of carbonyl (C=O) groups is 2. The van der Waals surface area contributed by atoms with Gasteiger partial charge in [-0.25, -0.2) is 14.6 Å². The minimum absolute atomic E-state index is 0.0412. The molecule has 3 heterocycles. The predicted octanol–water partition coefficient (Wildman–Crippen LogP) is 1.03. The van der Waals surface area contributed by atoms with E-state index in [9.17, 15) is 18.4 Å². The Morgan fingerprint density at radius 1 is 1.57 bits per heavy atom. The van der Waals surface area contributed by atoms with Crippen molar-refractivity contribution in [3.8, 4) is 0 Å². The molecule has 0 radical (unpaired) electrons. The summed E-state index contributed by atoms with van der Waals surface area (Å²) in [6.45, 7) is 1.15. The fourth-order valence-corrected chi connectivity index (χ4v) is 3.08. The number of rotatable bonds is 9. The van der Waals surface area contributed by atoms with E-state index in [0.717, 1.165) is 6.40 Å². The first-order valence-corrected chi connectivity index (χ1v) is 8.44. The third-order valence-electron chi connectivity index (χ3n) is 4.28. The van der Waals surface area contributed by atoms with Gasteiger partial charge in [-0.15, -0.1) is 0 Å². The van der Waals surface area contributed by atoms with Crippen LogP contribution < -0.4 is 0 Å². The molecule has 0 spiro atoms. The van der Waals surface area contributed by atoms with Crippen LogP contribution in [0, 0.1) is 5.41 Å². The fourth-order valence-electron chi connectivity index (χ4n) is 3.08. The van der Waals surface area contributed by atoms with Crippen molar-refractivity contribution in [1.82, 2.24) is 14.9 Å². The molecule has 10 nitrogen and oxygen atoms in total. The molecule has 150 valence electrons. The smallest absolute Gasteiger partial charge is 0.477 e. The molecule has 3 rings (SSSR count). The van der Waals surface area contributed by atoms with Crippen molar-refractivity contribution < 1.29 is 37.0 Å². The van der Waals surface area contributed by atoms with E-state index in [1.807, 2.05) is 0 Å². The lowest BCUT2D eigenvalue weighted by Crippen LogP contribution is -2.45. The van der Waals surface area contributed by atoms with Gasteiger partial charge in [-0.05, 0) is 13.2 Å². The molecule has 1 aromatic rings. The second-order valence-corrected chi connectivity index (χ2v) is 5.94. The zero-order valence-electron chi connectivity index (χ0n) is 14.8. The summed E-state index contributed by atoms with van der Waals surface area (Å²) >= 11 is 0. The van der Waals surface area contributed by atoms with Gasteiger partial charge >= 0.3 is 25.6 Å². The zero-order chi connectivity index (χ0) is 20.3. The van der Waals surface area contributed by atoms with E-state index in [0.29, 0.717) is 17.0 Å². The summed E-state index contributed by atoms with van der Waals surface area (Å²) in [5, 5.41) is 7.36. The molecule has 2 aliphatic heterocycles. The van der Waals surface area contributed by atoms with Gasteiger partial charge in [-0.3, -0.25) is 5.41 Å². The first-order chi connectivity index (χ1) is 13.4. The lowest BCUT2D eigenvalue weighted by Gasteiger charge is -2.28. The van der Waals surface area contributed by atoms with Crippen LogP contribution in [0.15, 0.2) is 23.1 Å². The normalized spacial score (nSPS) is 21.4. The highest BCUT2D eigenvalue weighted by molar-refractivity contribution is 6.29. The molecule has 0 aromatic carbocycles. The van der Waals surface area contributed by atoms with Crippen molar-refractivity contribution >= 4 is 31.5 Å². The minimum Gasteiger partial charge on any atom is -0.557 e. The van der Waals surface area contributed by atoms with E-state index in [2.05, 4.69) is 14.6 Å². The first-order valence-electron chi connectivity index (χ1n) is 8.44. The number of ether oxygens (including phenoxy) is 1. The highest BCUT2D eigenvalue weighted by Gasteiger charge is 2.54. The number of hydrogen-bond acceptors (Lipinski definition) is 8. The minimum atomic E-state index is -4.34. The topological polar surface area (TPSA) is 118 Å². The number of nitrogens with one attached hydrogen (secondary N) is 1. The van der Waals surface area contributed by atoms with Crippen LogP contribution in [0.1, 0.15) is 12.7 Å². The number of amides is 2. The molecule has 2 atom stereocenters. The Kier molecular flexibility index (Phi) is 5.63. The second-order valence-electron chi connectivity index (χ2n) is 5.94. The lowest BCUT2D eigenvalue weighted by molar-refractivity contribution is -0.325. The summed E-state index contributed by atoms with van der Waals surface area (Å²) in [5.41, 5.74) is 0.416. The van der Waals surface area contributed by atoms with Gasteiger partial charge in [0.25, 0.3) is 0 Å². The molecule has 0 aliphatic carbocycles. The maximum Gasteiger partial charge on any atom is 0.477 e. The van der Waals surface area contributed by atoms with Crippen LogP contribution in [-0.2, 0) is 19.0 Å². The number of carbonyl (C=O) groups excluding carboxylic acids is 2. The summed E-state index contributed by atoms with van der Waals surface area (Å²) in [5.74, 6) is -1.61. The standard InChI is InChI=1S/C15H17BF2N4O6/c1-2-25-13(23)15(17,18)28-22-11-6-21(14(22)24)9(4-16-27-7-19)3-10(11)12-5-20-8-26-12/h3,5,7-9,11,16,19H,2,4,6H2,1H3/t9-,11?/m0/s1. The zero-order valence-corrected chi connectivity index (χ0v) is 14.8. The Morgan fingerprint density at radius 3 is 3.00 bits per heavy atom. The van der Waals surface area contributed by atoms with Gasteiger partial charge in [0.2, 0.25) is 0 Å². The van der Waals surface area contributed by atoms with Gasteiger partial charge < -0.3 is 18.7 Å². The van der Waals surface area contributed by atoms with Crippen molar-refractivity contribution in [2.75, 3.05) is 13.2 Å². The Balaban J connectivity index is 1.87. The summed E-state index contributed by atoms with van der Waals surface area (Å²) in [7, 11) is 0.142. The Morgan fingerprint density at radius 2 is 2.36 bits per heavy atom. The molecular weight excluding hydrogens is 381 g/mol. The third-order valence-corrected chi connectivity index (χ3v) is 4.28. The van der Waals surface area contributed by atoms with Crippen LogP contribution >= 0.6 is 0 Å². The summed E-state index contributed by atoms with van der Waals surface area (Å²) in [6, 6.07) is -2.27. The van der Waals surface area contributed by atoms with Gasteiger partial charge in [0.15, 0.2) is 12.2 Å². The fraction of sp³-hybridized carbons (Fsp3) is 0.467. The monoisotopic (exact) mass is 398 g/mol. The highest BCUT2D eigenvalue weighted by atomic mass is 19.3. The number of urea groups is 1. The Labute approximate surface area is 158 Å². The number of hydroxylamine groups is 2. The largest absolute Gasteiger partial charge is 0.557 e. The van der Waals surface area contributed by atoms with E-state index < -0.39 is 30.2 Å². The Hall–Kier alpha value is -2.96. The molecule has 1 aromatic heterocycles. The quantitative estimate of drug-likeness (QED) is 0.217. The summed E-state index contributed by atoms with van der Waals surface area (Å²) in [4.78, 5) is 33.8. The van der Waals surface area contributed by atoms with E-state index in [1.54, 1.807) is 6.08 Å². The van der Waals surface area contributed by atoms with E-state index in [-0.39, 0.29) is 26.4 Å². The van der Waals surface area contributed by atoms with Crippen molar-refractivity contribution in [2.24, 2.45) is 0 Å². The van der Waals surface area contributed by atoms with Gasteiger partial charge in [0.05, 0.1) is 19.3 Å². The summed E-state index contributed by atoms with van der Waals surface area (Å²) in [6.07, 6.45) is 0.977. The number of halogens is 2. The predicted molar refractivity (Wildman–Crippen MR) is 90.5 cm³/mol. The first kappa shape index (κ1) is 19.8. The molecule has 2 amide bonds. The van der Waals surface area contributed by atoms with Gasteiger partial charge in [-0.1, -0.05) is 6.08 Å². The second kappa shape index (κ2) is 7.96. The van der Waals surface area contributed by atoms with E-state index in [4.69, 9.17) is 14.5 Å². The maximum absolute atomic E-state index is 14.1. The van der Waals surface area contributed by atoms with Crippen LogP contribution in [0.3, 0.4) is 0 Å². The lowest BCUT2D eigenvalue weighted by atomic mass is 9.85. The van der Waals surface area contributed by atoms with Gasteiger partial charge in [-0.2, -0.15) is 18.7 Å². The molecule has 2 bridgehead atoms. The van der Waals surface area contributed by atoms with Crippen molar-refractivity contribution in [3.63, 3.8) is 0 Å². The average Bonchev–Trinajstić information content (AvgIpc) is 3.28. The number of esters is 1. The maximum atomic E-state index is 14.1. The SMILES string of the molecule is CCOC(=O)C(F)(F)ON1C(=O)N2CC1C(c1cnco1)=C[C@H]2CBOC=N. The third kappa shape index (κ3) is 3.70. The van der Waals surface area contributed by atoms with E-state index in [1.165, 1.54) is 24.4 Å². The van der Waals surface area contributed by atoms with Crippen LogP contribution in [0.5, 0.6) is 0 Å². The molecule has 0 saturated carbocycles. The number of fused-ring (bicyclic) bond motifs is 2. The van der Waals surface area contributed by atoms with E-state index >= 15 is 0 Å². The van der Waals surface area contributed by atoms with Crippen LogP contribution in [0.25, 0.3) is 5.57 Å². The molecule has 13 heteroatoms. The van der Waals surface area contributed by atoms with Crippen molar-refractivity contribution in [2.45, 2.75) is 31.4 Å². The van der Waals surface area contributed by atoms with Crippen LogP contribution in [0.2, 0.25) is 6.32 Å². The number of hydrogen-bond donors (Lipinski definition) is 1. The number of nitrogens with zero attached hydrogens (tertiary/aromatic N) is 3. The molecule has 1 N–H and O–H groups in total. The molecule has 1 saturated heterocycles. The molecule has 1 unspecified atom stereocenters. The number of alkyl halides is 2. The van der Waals surface area contributed by atoms with Crippen molar-refractivity contribution in [3.05, 3.63) is 24.4 Å². The highest BCUT2D eigenvalue weighted by Crippen LogP contribution is 2.38. The number of aromatic nitrogens is 1. The van der Waals surface area contributed by atoms with Gasteiger partial charge in [0, 0.05) is 11.6 Å². The average molecular weight is 398 g/mol.